The number of rotatable bonds is 11. The Kier molecular flexibility index (Phi) is 9.18. The van der Waals surface area contributed by atoms with Crippen molar-refractivity contribution in [1.29, 1.82) is 0 Å². The Balaban J connectivity index is 1.98. The first-order chi connectivity index (χ1) is 15.1. The minimum absolute atomic E-state index is 0.0808. The predicted molar refractivity (Wildman–Crippen MR) is 118 cm³/mol. The zero-order valence-electron chi connectivity index (χ0n) is 18.4. The number of ether oxygens (including phenoxy) is 1. The SMILES string of the molecule is Cc1ccc(CN(CC(C)C)C(=O)COc2ccc(S(=O)(=O)NCC(=O)NO)cc2)cc1. The van der Waals surface area contributed by atoms with Crippen LogP contribution in [-0.4, -0.2) is 50.0 Å². The molecule has 32 heavy (non-hydrogen) atoms. The third-order valence-corrected chi connectivity index (χ3v) is 5.89. The Morgan fingerprint density at radius 2 is 1.69 bits per heavy atom. The Bertz CT molecular complexity index is 1000. The van der Waals surface area contributed by atoms with E-state index < -0.39 is 22.5 Å². The van der Waals surface area contributed by atoms with Gasteiger partial charge in [-0.3, -0.25) is 14.8 Å². The van der Waals surface area contributed by atoms with Gasteiger partial charge < -0.3 is 9.64 Å². The van der Waals surface area contributed by atoms with E-state index in [1.807, 2.05) is 45.0 Å². The summed E-state index contributed by atoms with van der Waals surface area (Å²) in [6.45, 7) is 6.36. The molecule has 10 heteroatoms. The summed E-state index contributed by atoms with van der Waals surface area (Å²) in [7, 11) is -3.93. The van der Waals surface area contributed by atoms with Crippen molar-refractivity contribution in [3.63, 3.8) is 0 Å². The van der Waals surface area contributed by atoms with Crippen LogP contribution < -0.4 is 14.9 Å². The van der Waals surface area contributed by atoms with Crippen LogP contribution in [0.25, 0.3) is 0 Å². The smallest absolute Gasteiger partial charge is 0.260 e. The zero-order chi connectivity index (χ0) is 23.7. The molecule has 9 nitrogen and oxygen atoms in total. The van der Waals surface area contributed by atoms with E-state index in [1.54, 1.807) is 4.90 Å². The van der Waals surface area contributed by atoms with Gasteiger partial charge in [0.15, 0.2) is 6.61 Å². The maximum Gasteiger partial charge on any atom is 0.260 e. The van der Waals surface area contributed by atoms with Gasteiger partial charge in [0.2, 0.25) is 10.0 Å². The summed E-state index contributed by atoms with van der Waals surface area (Å²) in [6.07, 6.45) is 0. The Morgan fingerprint density at radius 1 is 1.06 bits per heavy atom. The summed E-state index contributed by atoms with van der Waals surface area (Å²) in [5, 5.41) is 8.44. The highest BCUT2D eigenvalue weighted by Crippen LogP contribution is 2.16. The summed E-state index contributed by atoms with van der Waals surface area (Å²) in [6, 6.07) is 13.5. The second kappa shape index (κ2) is 11.6. The Hall–Kier alpha value is -2.95. The minimum atomic E-state index is -3.93. The highest BCUT2D eigenvalue weighted by molar-refractivity contribution is 7.89. The lowest BCUT2D eigenvalue weighted by Gasteiger charge is -2.25. The van der Waals surface area contributed by atoms with Gasteiger partial charge in [-0.15, -0.1) is 0 Å². The topological polar surface area (TPSA) is 125 Å². The lowest BCUT2D eigenvalue weighted by Crippen LogP contribution is -2.37. The van der Waals surface area contributed by atoms with E-state index in [0.717, 1.165) is 11.1 Å². The normalized spacial score (nSPS) is 11.3. The van der Waals surface area contributed by atoms with E-state index in [4.69, 9.17) is 9.94 Å². The van der Waals surface area contributed by atoms with Crippen molar-refractivity contribution in [2.45, 2.75) is 32.2 Å². The molecule has 0 aliphatic rings. The molecule has 0 radical (unpaired) electrons. The average Bonchev–Trinajstić information content (AvgIpc) is 2.76. The molecule has 0 saturated carbocycles. The van der Waals surface area contributed by atoms with Gasteiger partial charge >= 0.3 is 0 Å². The van der Waals surface area contributed by atoms with E-state index in [9.17, 15) is 18.0 Å². The molecule has 3 N–H and O–H groups in total. The number of amides is 2. The van der Waals surface area contributed by atoms with Crippen LogP contribution in [-0.2, 0) is 26.2 Å². The highest BCUT2D eigenvalue weighted by Gasteiger charge is 2.18. The molecule has 0 spiro atoms. The lowest BCUT2D eigenvalue weighted by molar-refractivity contribution is -0.134. The van der Waals surface area contributed by atoms with Gasteiger partial charge in [0, 0.05) is 13.1 Å². The zero-order valence-corrected chi connectivity index (χ0v) is 19.2. The molecule has 2 aromatic rings. The van der Waals surface area contributed by atoms with Crippen molar-refractivity contribution in [3.05, 3.63) is 59.7 Å². The van der Waals surface area contributed by atoms with Gasteiger partial charge in [-0.25, -0.2) is 18.6 Å². The largest absolute Gasteiger partial charge is 0.484 e. The number of nitrogens with zero attached hydrogens (tertiary/aromatic N) is 1. The molecule has 0 aromatic heterocycles. The molecule has 0 aliphatic heterocycles. The van der Waals surface area contributed by atoms with Crippen LogP contribution in [0.3, 0.4) is 0 Å². The van der Waals surface area contributed by atoms with Gasteiger partial charge in [0.1, 0.15) is 5.75 Å². The number of nitrogens with one attached hydrogen (secondary N) is 2. The molecule has 0 heterocycles. The number of hydroxylamine groups is 1. The van der Waals surface area contributed by atoms with Crippen molar-refractivity contribution < 1.29 is 28.0 Å². The van der Waals surface area contributed by atoms with Crippen LogP contribution in [0.2, 0.25) is 0 Å². The van der Waals surface area contributed by atoms with Gasteiger partial charge in [0.25, 0.3) is 11.8 Å². The summed E-state index contributed by atoms with van der Waals surface area (Å²) in [4.78, 5) is 25.4. The molecule has 2 amide bonds. The van der Waals surface area contributed by atoms with Crippen LogP contribution in [0.1, 0.15) is 25.0 Å². The summed E-state index contributed by atoms with van der Waals surface area (Å²) >= 11 is 0. The molecule has 0 saturated heterocycles. The van der Waals surface area contributed by atoms with Crippen LogP contribution in [0.4, 0.5) is 0 Å². The third-order valence-electron chi connectivity index (χ3n) is 4.48. The molecule has 2 rings (SSSR count). The van der Waals surface area contributed by atoms with E-state index in [2.05, 4.69) is 4.72 Å². The van der Waals surface area contributed by atoms with Crippen molar-refractivity contribution in [3.8, 4) is 5.75 Å². The van der Waals surface area contributed by atoms with Crippen LogP contribution in [0.5, 0.6) is 5.75 Å². The van der Waals surface area contributed by atoms with E-state index >= 15 is 0 Å². The fraction of sp³-hybridized carbons (Fsp3) is 0.364. The number of sulfonamides is 1. The van der Waals surface area contributed by atoms with Crippen LogP contribution >= 0.6 is 0 Å². The molecule has 2 aromatic carbocycles. The molecule has 0 atom stereocenters. The standard InChI is InChI=1S/C22H29N3O6S/c1-16(2)13-25(14-18-6-4-17(3)5-7-18)22(27)15-31-19-8-10-20(11-9-19)32(29,30)23-12-21(26)24-28/h4-11,16,23,28H,12-15H2,1-3H3,(H,24,26). The average molecular weight is 464 g/mol. The minimum Gasteiger partial charge on any atom is -0.484 e. The van der Waals surface area contributed by atoms with Crippen molar-refractivity contribution in [2.24, 2.45) is 5.92 Å². The summed E-state index contributed by atoms with van der Waals surface area (Å²) in [5.74, 6) is -0.434. The van der Waals surface area contributed by atoms with E-state index in [0.29, 0.717) is 18.8 Å². The predicted octanol–water partition coefficient (Wildman–Crippen LogP) is 1.84. The second-order valence-electron chi connectivity index (χ2n) is 7.77. The third kappa shape index (κ3) is 7.95. The number of benzene rings is 2. The fourth-order valence-electron chi connectivity index (χ4n) is 2.84. The summed E-state index contributed by atoms with van der Waals surface area (Å²) in [5.41, 5.74) is 3.52. The van der Waals surface area contributed by atoms with Gasteiger partial charge in [-0.2, -0.15) is 0 Å². The maximum atomic E-state index is 12.8. The lowest BCUT2D eigenvalue weighted by atomic mass is 10.1. The second-order valence-corrected chi connectivity index (χ2v) is 9.54. The molecule has 0 aliphatic carbocycles. The van der Waals surface area contributed by atoms with Crippen LogP contribution in [0, 0.1) is 12.8 Å². The number of hydrogen-bond acceptors (Lipinski definition) is 6. The number of carbonyl (C=O) groups is 2. The van der Waals surface area contributed by atoms with E-state index in [1.165, 1.54) is 29.7 Å². The van der Waals surface area contributed by atoms with Gasteiger partial charge in [-0.1, -0.05) is 43.7 Å². The molecule has 0 unspecified atom stereocenters. The monoisotopic (exact) mass is 463 g/mol. The first kappa shape index (κ1) is 25.3. The Morgan fingerprint density at radius 3 is 2.25 bits per heavy atom. The fourth-order valence-corrected chi connectivity index (χ4v) is 3.83. The van der Waals surface area contributed by atoms with Crippen molar-refractivity contribution >= 4 is 21.8 Å². The quantitative estimate of drug-likeness (QED) is 0.345. The van der Waals surface area contributed by atoms with Crippen molar-refractivity contribution in [2.75, 3.05) is 19.7 Å². The molecular formula is C22H29N3O6S. The van der Waals surface area contributed by atoms with Gasteiger partial charge in [0.05, 0.1) is 11.4 Å². The number of aryl methyl sites for hydroxylation is 1. The molecule has 174 valence electrons. The Labute approximate surface area is 188 Å². The molecule has 0 bridgehead atoms. The number of hydrogen-bond donors (Lipinski definition) is 3. The van der Waals surface area contributed by atoms with Crippen LogP contribution in [0.15, 0.2) is 53.4 Å². The number of carbonyl (C=O) groups excluding carboxylic acids is 2. The van der Waals surface area contributed by atoms with Crippen molar-refractivity contribution in [1.82, 2.24) is 15.1 Å². The summed E-state index contributed by atoms with van der Waals surface area (Å²) < 4.78 is 31.9. The first-order valence-corrected chi connectivity index (χ1v) is 11.6. The first-order valence-electron chi connectivity index (χ1n) is 10.1. The molecular weight excluding hydrogens is 434 g/mol. The maximum absolute atomic E-state index is 12.8. The highest BCUT2D eigenvalue weighted by atomic mass is 32.2. The van der Waals surface area contributed by atoms with Gasteiger partial charge in [-0.05, 0) is 42.7 Å². The van der Waals surface area contributed by atoms with E-state index in [-0.39, 0.29) is 23.3 Å². The molecule has 0 fully saturated rings.